The normalized spacial score (nSPS) is 22.9. The van der Waals surface area contributed by atoms with E-state index in [-0.39, 0.29) is 18.1 Å². The zero-order valence-corrected chi connectivity index (χ0v) is 11.1. The van der Waals surface area contributed by atoms with E-state index < -0.39 is 0 Å². The van der Waals surface area contributed by atoms with Crippen molar-refractivity contribution < 1.29 is 14.3 Å². The van der Waals surface area contributed by atoms with E-state index in [1.54, 1.807) is 24.3 Å². The molecule has 0 bridgehead atoms. The lowest BCUT2D eigenvalue weighted by Crippen LogP contribution is -2.38. The zero-order chi connectivity index (χ0) is 14.1. The van der Waals surface area contributed by atoms with Crippen LogP contribution in [-0.2, 0) is 0 Å². The van der Waals surface area contributed by atoms with Crippen molar-refractivity contribution in [2.75, 3.05) is 5.73 Å². The molecule has 5 nitrogen and oxygen atoms in total. The van der Waals surface area contributed by atoms with Crippen molar-refractivity contribution in [1.29, 1.82) is 0 Å². The van der Waals surface area contributed by atoms with Crippen LogP contribution in [0.25, 0.3) is 11.0 Å². The first-order chi connectivity index (χ1) is 9.61. The minimum absolute atomic E-state index is 0.115. The molecule has 4 N–H and O–H groups in total. The van der Waals surface area contributed by atoms with Gasteiger partial charge in [0.15, 0.2) is 5.76 Å². The van der Waals surface area contributed by atoms with Gasteiger partial charge in [-0.1, -0.05) is 0 Å². The van der Waals surface area contributed by atoms with Gasteiger partial charge >= 0.3 is 0 Å². The van der Waals surface area contributed by atoms with Crippen LogP contribution >= 0.6 is 0 Å². The lowest BCUT2D eigenvalue weighted by Gasteiger charge is -2.25. The molecule has 5 heteroatoms. The summed E-state index contributed by atoms with van der Waals surface area (Å²) in [5, 5.41) is 13.2. The van der Waals surface area contributed by atoms with Gasteiger partial charge in [0.05, 0.1) is 6.10 Å². The number of fused-ring (bicyclic) bond motifs is 1. The van der Waals surface area contributed by atoms with E-state index in [2.05, 4.69) is 5.32 Å². The summed E-state index contributed by atoms with van der Waals surface area (Å²) < 4.78 is 5.53. The van der Waals surface area contributed by atoms with Crippen LogP contribution in [0.15, 0.2) is 28.7 Å². The number of rotatable bonds is 2. The molecule has 1 fully saturated rings. The van der Waals surface area contributed by atoms with Crippen molar-refractivity contribution in [1.82, 2.24) is 5.32 Å². The Balaban J connectivity index is 1.72. The summed E-state index contributed by atoms with van der Waals surface area (Å²) in [7, 11) is 0. The monoisotopic (exact) mass is 274 g/mol. The van der Waals surface area contributed by atoms with Crippen LogP contribution in [0.4, 0.5) is 5.69 Å². The van der Waals surface area contributed by atoms with E-state index in [1.807, 2.05) is 0 Å². The smallest absolute Gasteiger partial charge is 0.287 e. The highest BCUT2D eigenvalue weighted by atomic mass is 16.3. The Morgan fingerprint density at radius 1 is 1.25 bits per heavy atom. The summed E-state index contributed by atoms with van der Waals surface area (Å²) in [6.07, 6.45) is 2.86. The molecule has 0 unspecified atom stereocenters. The number of carbonyl (C=O) groups excluding carboxylic acids is 1. The predicted octanol–water partition coefficient (Wildman–Crippen LogP) is 2.05. The molecule has 1 amide bonds. The van der Waals surface area contributed by atoms with E-state index >= 15 is 0 Å². The Kier molecular flexibility index (Phi) is 3.36. The molecule has 106 valence electrons. The molecular formula is C15H18N2O3. The van der Waals surface area contributed by atoms with Crippen LogP contribution in [0.2, 0.25) is 0 Å². The number of carbonyl (C=O) groups is 1. The van der Waals surface area contributed by atoms with Gasteiger partial charge in [0.1, 0.15) is 5.58 Å². The van der Waals surface area contributed by atoms with E-state index in [0.29, 0.717) is 17.0 Å². The van der Waals surface area contributed by atoms with Crippen molar-refractivity contribution in [2.45, 2.75) is 37.8 Å². The van der Waals surface area contributed by atoms with Gasteiger partial charge in [-0.25, -0.2) is 0 Å². The second-order valence-corrected chi connectivity index (χ2v) is 5.39. The third kappa shape index (κ3) is 2.63. The van der Waals surface area contributed by atoms with Crippen molar-refractivity contribution in [3.8, 4) is 0 Å². The summed E-state index contributed by atoms with van der Waals surface area (Å²) in [5.74, 6) is 0.0953. The first-order valence-corrected chi connectivity index (χ1v) is 6.90. The van der Waals surface area contributed by atoms with E-state index in [9.17, 15) is 9.90 Å². The molecule has 3 rings (SSSR count). The fraction of sp³-hybridized carbons (Fsp3) is 0.400. The molecule has 1 aliphatic carbocycles. The van der Waals surface area contributed by atoms with Crippen LogP contribution in [0, 0.1) is 0 Å². The number of nitrogens with two attached hydrogens (primary N) is 1. The number of nitrogens with one attached hydrogen (secondary N) is 1. The number of aliphatic hydroxyl groups excluding tert-OH is 1. The fourth-order valence-electron chi connectivity index (χ4n) is 2.65. The molecule has 1 saturated carbocycles. The van der Waals surface area contributed by atoms with Gasteiger partial charge in [0.25, 0.3) is 5.91 Å². The highest BCUT2D eigenvalue weighted by Gasteiger charge is 2.22. The van der Waals surface area contributed by atoms with Crippen LogP contribution < -0.4 is 11.1 Å². The van der Waals surface area contributed by atoms with Gasteiger partial charge in [0, 0.05) is 17.1 Å². The average Bonchev–Trinajstić information content (AvgIpc) is 2.84. The molecule has 0 spiro atoms. The lowest BCUT2D eigenvalue weighted by atomic mass is 9.93. The summed E-state index contributed by atoms with van der Waals surface area (Å²) in [6.45, 7) is 0. The lowest BCUT2D eigenvalue weighted by molar-refractivity contribution is 0.0845. The number of amides is 1. The number of hydrogen-bond acceptors (Lipinski definition) is 4. The largest absolute Gasteiger partial charge is 0.451 e. The van der Waals surface area contributed by atoms with Crippen molar-refractivity contribution >= 4 is 22.6 Å². The van der Waals surface area contributed by atoms with Crippen LogP contribution in [0.3, 0.4) is 0 Å². The molecule has 0 aliphatic heterocycles. The molecule has 20 heavy (non-hydrogen) atoms. The highest BCUT2D eigenvalue weighted by molar-refractivity contribution is 5.96. The number of benzene rings is 1. The van der Waals surface area contributed by atoms with Gasteiger partial charge in [-0.3, -0.25) is 4.79 Å². The molecule has 2 aromatic rings. The number of furan rings is 1. The topological polar surface area (TPSA) is 88.5 Å². The van der Waals surface area contributed by atoms with E-state index in [0.717, 1.165) is 31.1 Å². The summed E-state index contributed by atoms with van der Waals surface area (Å²) in [5.41, 5.74) is 7.01. The summed E-state index contributed by atoms with van der Waals surface area (Å²) in [6, 6.07) is 7.11. The highest BCUT2D eigenvalue weighted by Crippen LogP contribution is 2.23. The molecule has 0 radical (unpaired) electrons. The maximum atomic E-state index is 12.2. The Morgan fingerprint density at radius 2 is 2.00 bits per heavy atom. The number of hydrogen-bond donors (Lipinski definition) is 3. The predicted molar refractivity (Wildman–Crippen MR) is 76.4 cm³/mol. The summed E-state index contributed by atoms with van der Waals surface area (Å²) in [4.78, 5) is 12.2. The number of nitrogen functional groups attached to an aromatic ring is 1. The molecule has 1 aromatic carbocycles. The van der Waals surface area contributed by atoms with E-state index in [4.69, 9.17) is 10.2 Å². The van der Waals surface area contributed by atoms with Gasteiger partial charge in [-0.05, 0) is 49.9 Å². The number of aliphatic hydroxyl groups is 1. The van der Waals surface area contributed by atoms with Crippen LogP contribution in [-0.4, -0.2) is 23.2 Å². The van der Waals surface area contributed by atoms with Gasteiger partial charge < -0.3 is 20.6 Å². The van der Waals surface area contributed by atoms with Crippen molar-refractivity contribution in [2.24, 2.45) is 0 Å². The first kappa shape index (κ1) is 13.0. The molecule has 1 aromatic heterocycles. The van der Waals surface area contributed by atoms with Crippen molar-refractivity contribution in [3.05, 3.63) is 30.0 Å². The fourth-order valence-corrected chi connectivity index (χ4v) is 2.65. The Hall–Kier alpha value is -2.01. The third-order valence-electron chi connectivity index (χ3n) is 3.80. The minimum Gasteiger partial charge on any atom is -0.451 e. The van der Waals surface area contributed by atoms with Gasteiger partial charge in [-0.15, -0.1) is 0 Å². The van der Waals surface area contributed by atoms with Crippen LogP contribution in [0.5, 0.6) is 0 Å². The summed E-state index contributed by atoms with van der Waals surface area (Å²) >= 11 is 0. The minimum atomic E-state index is -0.225. The van der Waals surface area contributed by atoms with Crippen LogP contribution in [0.1, 0.15) is 36.2 Å². The molecule has 0 saturated heterocycles. The first-order valence-electron chi connectivity index (χ1n) is 6.90. The molecule has 0 atom stereocenters. The van der Waals surface area contributed by atoms with Gasteiger partial charge in [0.2, 0.25) is 0 Å². The molecular weight excluding hydrogens is 256 g/mol. The second kappa shape index (κ2) is 5.17. The number of anilines is 1. The molecule has 1 heterocycles. The Labute approximate surface area is 116 Å². The third-order valence-corrected chi connectivity index (χ3v) is 3.80. The standard InChI is InChI=1S/C15H18N2O3/c16-10-1-6-13-9(7-10)8-14(20-13)15(19)17-11-2-4-12(18)5-3-11/h1,6-8,11-12,18H,2-5,16H2,(H,17,19). The maximum Gasteiger partial charge on any atom is 0.287 e. The SMILES string of the molecule is Nc1ccc2oc(C(=O)NC3CCC(O)CC3)cc2c1. The Morgan fingerprint density at radius 3 is 2.75 bits per heavy atom. The van der Waals surface area contributed by atoms with E-state index in [1.165, 1.54) is 0 Å². The zero-order valence-electron chi connectivity index (χ0n) is 11.1. The van der Waals surface area contributed by atoms with Crippen molar-refractivity contribution in [3.63, 3.8) is 0 Å². The average molecular weight is 274 g/mol. The van der Waals surface area contributed by atoms with Gasteiger partial charge in [-0.2, -0.15) is 0 Å². The molecule has 1 aliphatic rings. The second-order valence-electron chi connectivity index (χ2n) is 5.39. The maximum absolute atomic E-state index is 12.2. The quantitative estimate of drug-likeness (QED) is 0.731. The Bertz CT molecular complexity index is 627.